The fraction of sp³-hybridized carbons (Fsp3) is 0.529. The Balaban J connectivity index is 0.00000576. The van der Waals surface area contributed by atoms with Crippen molar-refractivity contribution >= 4 is 47.7 Å². The van der Waals surface area contributed by atoms with E-state index in [0.29, 0.717) is 18.9 Å². The average molecular weight is 483 g/mol. The highest BCUT2D eigenvalue weighted by Gasteiger charge is 2.05. The van der Waals surface area contributed by atoms with Gasteiger partial charge < -0.3 is 15.4 Å². The maximum Gasteiger partial charge on any atom is 0.305 e. The summed E-state index contributed by atoms with van der Waals surface area (Å²) in [7, 11) is 3.10. The molecular formula is C17H27FIN3O2S. The Hall–Kier alpha value is -1.03. The van der Waals surface area contributed by atoms with Crippen LogP contribution in [0.1, 0.15) is 30.4 Å². The van der Waals surface area contributed by atoms with Gasteiger partial charge in [0, 0.05) is 32.3 Å². The lowest BCUT2D eigenvalue weighted by Gasteiger charge is -2.14. The lowest BCUT2D eigenvalue weighted by atomic mass is 10.1. The first-order valence-corrected chi connectivity index (χ1v) is 9.27. The van der Waals surface area contributed by atoms with Gasteiger partial charge in [0.25, 0.3) is 0 Å². The van der Waals surface area contributed by atoms with Crippen LogP contribution in [0.4, 0.5) is 4.39 Å². The van der Waals surface area contributed by atoms with Gasteiger partial charge in [-0.25, -0.2) is 4.39 Å². The Morgan fingerprint density at radius 1 is 1.28 bits per heavy atom. The van der Waals surface area contributed by atoms with Gasteiger partial charge in [0.05, 0.1) is 7.11 Å². The molecule has 8 heteroatoms. The van der Waals surface area contributed by atoms with E-state index in [9.17, 15) is 9.18 Å². The van der Waals surface area contributed by atoms with Crippen LogP contribution in [0.5, 0.6) is 0 Å². The molecule has 1 rings (SSSR count). The van der Waals surface area contributed by atoms with Crippen LogP contribution in [0.2, 0.25) is 0 Å². The summed E-state index contributed by atoms with van der Waals surface area (Å²) in [6.45, 7) is 1.30. The molecule has 2 N–H and O–H groups in total. The highest BCUT2D eigenvalue weighted by molar-refractivity contribution is 14.0. The van der Waals surface area contributed by atoms with E-state index in [1.807, 2.05) is 6.26 Å². The first kappa shape index (κ1) is 24.0. The average Bonchev–Trinajstić information content (AvgIpc) is 2.58. The quantitative estimate of drug-likeness (QED) is 0.186. The van der Waals surface area contributed by atoms with Crippen LogP contribution in [0.3, 0.4) is 0 Å². The highest BCUT2D eigenvalue weighted by atomic mass is 127. The number of carbonyl (C=O) groups is 1. The zero-order valence-electron chi connectivity index (χ0n) is 14.9. The Labute approximate surface area is 170 Å². The molecule has 1 aromatic rings. The maximum atomic E-state index is 13.4. The molecule has 0 aliphatic rings. The third-order valence-corrected chi connectivity index (χ3v) is 4.07. The molecule has 5 nitrogen and oxygen atoms in total. The number of guanidine groups is 1. The van der Waals surface area contributed by atoms with Crippen LogP contribution in [-0.4, -0.2) is 38.9 Å². The number of hydrogen-bond donors (Lipinski definition) is 2. The van der Waals surface area contributed by atoms with Gasteiger partial charge in [0.15, 0.2) is 5.96 Å². The predicted molar refractivity (Wildman–Crippen MR) is 113 cm³/mol. The van der Waals surface area contributed by atoms with Gasteiger partial charge in [-0.15, -0.1) is 24.0 Å². The Morgan fingerprint density at radius 2 is 2.04 bits per heavy atom. The van der Waals surface area contributed by atoms with Crippen molar-refractivity contribution < 1.29 is 13.9 Å². The summed E-state index contributed by atoms with van der Waals surface area (Å²) in [5, 5.41) is 6.43. The first-order chi connectivity index (χ1) is 11.6. The minimum Gasteiger partial charge on any atom is -0.469 e. The lowest BCUT2D eigenvalue weighted by Crippen LogP contribution is -2.37. The fourth-order valence-corrected chi connectivity index (χ4v) is 2.74. The van der Waals surface area contributed by atoms with Gasteiger partial charge in [0.1, 0.15) is 5.82 Å². The summed E-state index contributed by atoms with van der Waals surface area (Å²) < 4.78 is 18.0. The molecule has 0 unspecified atom stereocenters. The summed E-state index contributed by atoms with van der Waals surface area (Å²) in [6, 6.07) is 4.86. The van der Waals surface area contributed by atoms with E-state index >= 15 is 0 Å². The zero-order chi connectivity index (χ0) is 17.8. The molecule has 0 atom stereocenters. The van der Waals surface area contributed by atoms with Gasteiger partial charge in [0.2, 0.25) is 0 Å². The molecule has 0 saturated heterocycles. The molecule has 1 aromatic carbocycles. The second-order valence-electron chi connectivity index (χ2n) is 5.23. The molecule has 0 aromatic heterocycles. The molecule has 0 aliphatic heterocycles. The molecular weight excluding hydrogens is 456 g/mol. The van der Waals surface area contributed by atoms with E-state index in [1.54, 1.807) is 30.9 Å². The number of hydrogen-bond acceptors (Lipinski definition) is 4. The van der Waals surface area contributed by atoms with Gasteiger partial charge in [-0.3, -0.25) is 9.79 Å². The van der Waals surface area contributed by atoms with Crippen LogP contribution < -0.4 is 10.6 Å². The second-order valence-corrected chi connectivity index (χ2v) is 6.10. The number of aliphatic imine (C=N–C) groups is 1. The van der Waals surface area contributed by atoms with Crippen molar-refractivity contribution in [3.8, 4) is 0 Å². The molecule has 0 amide bonds. The number of carbonyl (C=O) groups excluding carboxylic acids is 1. The van der Waals surface area contributed by atoms with Crippen LogP contribution in [-0.2, 0) is 21.8 Å². The van der Waals surface area contributed by atoms with E-state index in [1.165, 1.54) is 13.2 Å². The standard InChI is InChI=1S/C17H26FN3O2S.HI/c1-19-17(20-9-5-4-6-16(22)23-2)21-11-13-7-8-15(18)10-14(13)12-24-3;/h7-8,10H,4-6,9,11-12H2,1-3H3,(H2,19,20,21);1H. The van der Waals surface area contributed by atoms with E-state index in [0.717, 1.165) is 36.3 Å². The molecule has 142 valence electrons. The van der Waals surface area contributed by atoms with Gasteiger partial charge in [-0.05, 0) is 42.4 Å². The third kappa shape index (κ3) is 9.88. The number of rotatable bonds is 9. The van der Waals surface area contributed by atoms with Gasteiger partial charge in [-0.2, -0.15) is 11.8 Å². The summed E-state index contributed by atoms with van der Waals surface area (Å²) >= 11 is 1.66. The second kappa shape index (κ2) is 14.2. The van der Waals surface area contributed by atoms with Crippen molar-refractivity contribution in [3.63, 3.8) is 0 Å². The summed E-state index contributed by atoms with van der Waals surface area (Å²) in [5.41, 5.74) is 2.04. The van der Waals surface area contributed by atoms with Crippen molar-refractivity contribution in [2.75, 3.05) is 27.0 Å². The molecule has 25 heavy (non-hydrogen) atoms. The van der Waals surface area contributed by atoms with Crippen molar-refractivity contribution in [2.24, 2.45) is 4.99 Å². The topological polar surface area (TPSA) is 62.7 Å². The maximum absolute atomic E-state index is 13.4. The van der Waals surface area contributed by atoms with Gasteiger partial charge >= 0.3 is 5.97 Å². The van der Waals surface area contributed by atoms with Crippen molar-refractivity contribution in [1.29, 1.82) is 0 Å². The highest BCUT2D eigenvalue weighted by Crippen LogP contribution is 2.16. The molecule has 0 fully saturated rings. The van der Waals surface area contributed by atoms with Crippen LogP contribution in [0.25, 0.3) is 0 Å². The summed E-state index contributed by atoms with van der Waals surface area (Å²) in [5.74, 6) is 1.06. The van der Waals surface area contributed by atoms with Crippen molar-refractivity contribution in [3.05, 3.63) is 35.1 Å². The van der Waals surface area contributed by atoms with E-state index in [4.69, 9.17) is 0 Å². The fourth-order valence-electron chi connectivity index (χ4n) is 2.16. The number of ether oxygens (including phenoxy) is 1. The molecule has 0 bridgehead atoms. The lowest BCUT2D eigenvalue weighted by molar-refractivity contribution is -0.140. The molecule has 0 saturated carbocycles. The third-order valence-electron chi connectivity index (χ3n) is 3.47. The number of thioether (sulfide) groups is 1. The van der Waals surface area contributed by atoms with E-state index in [-0.39, 0.29) is 35.8 Å². The number of nitrogens with zero attached hydrogens (tertiary/aromatic N) is 1. The first-order valence-electron chi connectivity index (χ1n) is 7.88. The minimum absolute atomic E-state index is 0. The minimum atomic E-state index is -0.212. The zero-order valence-corrected chi connectivity index (χ0v) is 18.1. The van der Waals surface area contributed by atoms with E-state index < -0.39 is 0 Å². The van der Waals surface area contributed by atoms with Crippen LogP contribution in [0, 0.1) is 5.82 Å². The molecule has 0 aliphatic carbocycles. The largest absolute Gasteiger partial charge is 0.469 e. The summed E-state index contributed by atoms with van der Waals surface area (Å²) in [4.78, 5) is 15.2. The smallest absolute Gasteiger partial charge is 0.305 e. The Bertz CT molecular complexity index is 559. The molecule has 0 radical (unpaired) electrons. The number of methoxy groups -OCH3 is 1. The van der Waals surface area contributed by atoms with Crippen molar-refractivity contribution in [1.82, 2.24) is 10.6 Å². The van der Waals surface area contributed by atoms with Crippen LogP contribution in [0.15, 0.2) is 23.2 Å². The number of halogens is 2. The molecule has 0 heterocycles. The molecule has 0 spiro atoms. The number of esters is 1. The normalized spacial score (nSPS) is 10.8. The predicted octanol–water partition coefficient (Wildman–Crippen LogP) is 3.32. The number of unbranched alkanes of at least 4 members (excludes halogenated alkanes) is 1. The van der Waals surface area contributed by atoms with Gasteiger partial charge in [-0.1, -0.05) is 6.07 Å². The number of nitrogens with one attached hydrogen (secondary N) is 2. The number of benzene rings is 1. The van der Waals surface area contributed by atoms with Crippen molar-refractivity contribution in [2.45, 2.75) is 31.6 Å². The SMILES string of the molecule is CN=C(NCCCCC(=O)OC)NCc1ccc(F)cc1CSC.I. The van der Waals surface area contributed by atoms with Crippen LogP contribution >= 0.6 is 35.7 Å². The Morgan fingerprint density at radius 3 is 2.68 bits per heavy atom. The summed E-state index contributed by atoms with van der Waals surface area (Å²) in [6.07, 6.45) is 4.05. The monoisotopic (exact) mass is 483 g/mol. The Kier molecular flexibility index (Phi) is 13.6. The van der Waals surface area contributed by atoms with E-state index in [2.05, 4.69) is 20.4 Å².